The lowest BCUT2D eigenvalue weighted by Gasteiger charge is -2.18. The minimum Gasteiger partial charge on any atom is -0.507 e. The van der Waals surface area contributed by atoms with Gasteiger partial charge < -0.3 is 19.7 Å². The Hall–Kier alpha value is -4.14. The lowest BCUT2D eigenvalue weighted by atomic mass is 9.91. The second kappa shape index (κ2) is 11.9. The van der Waals surface area contributed by atoms with E-state index in [-0.39, 0.29) is 57.4 Å². The van der Waals surface area contributed by atoms with Crippen molar-refractivity contribution in [3.05, 3.63) is 104 Å². The molecule has 0 amide bonds. The Morgan fingerprint density at radius 3 is 1.40 bits per heavy atom. The second-order valence-corrected chi connectivity index (χ2v) is 9.79. The van der Waals surface area contributed by atoms with Crippen molar-refractivity contribution in [3.63, 3.8) is 0 Å². The SMILES string of the molecule is Cc1c(COc2cc(O)c(C=O)cc2Cl)cc(F)cc1-c1cc(F)cc(COc2cc(O)c(C=O)cc2Cl)c1C. The number of rotatable bonds is 9. The molecule has 0 spiro atoms. The van der Waals surface area contributed by atoms with E-state index < -0.39 is 11.6 Å². The number of hydrogen-bond acceptors (Lipinski definition) is 6. The number of phenols is 2. The summed E-state index contributed by atoms with van der Waals surface area (Å²) in [5, 5.41) is 20.1. The van der Waals surface area contributed by atoms with Crippen LogP contribution in [-0.4, -0.2) is 22.8 Å². The van der Waals surface area contributed by atoms with Crippen LogP contribution in [0.3, 0.4) is 0 Å². The van der Waals surface area contributed by atoms with E-state index in [0.717, 1.165) is 0 Å². The van der Waals surface area contributed by atoms with Crippen LogP contribution < -0.4 is 9.47 Å². The molecule has 206 valence electrons. The fraction of sp³-hybridized carbons (Fsp3) is 0.133. The first-order valence-corrected chi connectivity index (χ1v) is 12.6. The van der Waals surface area contributed by atoms with Crippen molar-refractivity contribution in [2.45, 2.75) is 27.1 Å². The van der Waals surface area contributed by atoms with Gasteiger partial charge in [0.15, 0.2) is 12.6 Å². The maximum absolute atomic E-state index is 14.8. The van der Waals surface area contributed by atoms with E-state index >= 15 is 0 Å². The van der Waals surface area contributed by atoms with Crippen LogP contribution in [0.5, 0.6) is 23.0 Å². The molecule has 0 fully saturated rings. The normalized spacial score (nSPS) is 10.8. The highest BCUT2D eigenvalue weighted by atomic mass is 35.5. The van der Waals surface area contributed by atoms with Gasteiger partial charge in [0.25, 0.3) is 0 Å². The van der Waals surface area contributed by atoms with Crippen LogP contribution in [0.1, 0.15) is 43.0 Å². The third-order valence-corrected chi connectivity index (χ3v) is 7.02. The van der Waals surface area contributed by atoms with Crippen LogP contribution in [-0.2, 0) is 13.2 Å². The highest BCUT2D eigenvalue weighted by Gasteiger charge is 2.17. The molecule has 0 aliphatic rings. The van der Waals surface area contributed by atoms with Gasteiger partial charge in [0.2, 0.25) is 0 Å². The van der Waals surface area contributed by atoms with Gasteiger partial charge in [0.1, 0.15) is 47.8 Å². The summed E-state index contributed by atoms with van der Waals surface area (Å²) in [6.07, 6.45) is 0.910. The third-order valence-electron chi connectivity index (χ3n) is 6.43. The van der Waals surface area contributed by atoms with Gasteiger partial charge in [-0.15, -0.1) is 0 Å². The largest absolute Gasteiger partial charge is 0.507 e. The molecule has 0 aliphatic carbocycles. The molecule has 0 aromatic heterocycles. The van der Waals surface area contributed by atoms with Gasteiger partial charge in [-0.2, -0.15) is 0 Å². The average Bonchev–Trinajstić information content (AvgIpc) is 2.92. The van der Waals surface area contributed by atoms with Gasteiger partial charge in [-0.1, -0.05) is 23.2 Å². The van der Waals surface area contributed by atoms with Crippen molar-refractivity contribution in [2.24, 2.45) is 0 Å². The summed E-state index contributed by atoms with van der Waals surface area (Å²) >= 11 is 12.3. The van der Waals surface area contributed by atoms with Crippen LogP contribution in [0, 0.1) is 25.5 Å². The van der Waals surface area contributed by atoms with Gasteiger partial charge in [-0.25, -0.2) is 8.78 Å². The molecule has 6 nitrogen and oxygen atoms in total. The standard InChI is InChI=1S/C30H22Cl2F2O6/c1-15-19(13-39-29-9-27(37)17(11-35)5-25(29)31)3-21(33)7-23(15)24-8-22(34)4-20(16(24)2)14-40-30-10-28(38)18(12-36)6-26(30)32/h3-12,37-38H,13-14H2,1-2H3. The number of aldehydes is 2. The quantitative estimate of drug-likeness (QED) is 0.195. The summed E-state index contributed by atoms with van der Waals surface area (Å²) in [7, 11) is 0. The average molecular weight is 587 g/mol. The fourth-order valence-corrected chi connectivity index (χ4v) is 4.62. The van der Waals surface area contributed by atoms with Gasteiger partial charge >= 0.3 is 0 Å². The van der Waals surface area contributed by atoms with Gasteiger partial charge in [-0.3, -0.25) is 9.59 Å². The van der Waals surface area contributed by atoms with E-state index in [2.05, 4.69) is 0 Å². The maximum Gasteiger partial charge on any atom is 0.153 e. The Labute approximate surface area is 238 Å². The van der Waals surface area contributed by atoms with E-state index in [4.69, 9.17) is 32.7 Å². The molecule has 40 heavy (non-hydrogen) atoms. The predicted molar refractivity (Wildman–Crippen MR) is 147 cm³/mol. The molecule has 4 rings (SSSR count). The summed E-state index contributed by atoms with van der Waals surface area (Å²) in [5.74, 6) is -1.59. The van der Waals surface area contributed by atoms with Crippen molar-refractivity contribution < 1.29 is 38.1 Å². The Morgan fingerprint density at radius 1 is 0.675 bits per heavy atom. The highest BCUT2D eigenvalue weighted by molar-refractivity contribution is 6.32. The molecule has 0 radical (unpaired) electrons. The summed E-state index contributed by atoms with van der Waals surface area (Å²) in [5.41, 5.74) is 2.97. The van der Waals surface area contributed by atoms with Crippen molar-refractivity contribution in [3.8, 4) is 34.1 Å². The number of carbonyl (C=O) groups is 2. The minimum absolute atomic E-state index is 0.0000127. The van der Waals surface area contributed by atoms with Crippen molar-refractivity contribution >= 4 is 35.8 Å². The third kappa shape index (κ3) is 6.03. The summed E-state index contributed by atoms with van der Waals surface area (Å²) in [6.45, 7) is 3.22. The summed E-state index contributed by atoms with van der Waals surface area (Å²) < 4.78 is 40.9. The molecule has 0 unspecified atom stereocenters. The molecule has 4 aromatic rings. The molecule has 0 saturated heterocycles. The lowest BCUT2D eigenvalue weighted by molar-refractivity contribution is 0.111. The van der Waals surface area contributed by atoms with Crippen molar-refractivity contribution in [1.82, 2.24) is 0 Å². The number of ether oxygens (including phenoxy) is 2. The molecule has 0 aliphatic heterocycles. The van der Waals surface area contributed by atoms with Gasteiger partial charge in [0.05, 0.1) is 21.2 Å². The summed E-state index contributed by atoms with van der Waals surface area (Å²) in [4.78, 5) is 22.0. The Morgan fingerprint density at radius 2 is 1.05 bits per heavy atom. The molecular formula is C30H22Cl2F2O6. The molecule has 0 atom stereocenters. The van der Waals surface area contributed by atoms with Crippen LogP contribution in [0.15, 0.2) is 48.5 Å². The van der Waals surface area contributed by atoms with E-state index in [1.165, 1.54) is 48.5 Å². The highest BCUT2D eigenvalue weighted by Crippen LogP contribution is 2.36. The van der Waals surface area contributed by atoms with E-state index in [9.17, 15) is 28.6 Å². The molecule has 2 N–H and O–H groups in total. The number of benzene rings is 4. The first-order valence-electron chi connectivity index (χ1n) is 11.8. The molecule has 0 saturated carbocycles. The Kier molecular flexibility index (Phi) is 8.61. The smallest absolute Gasteiger partial charge is 0.153 e. The molecule has 10 heteroatoms. The topological polar surface area (TPSA) is 93.1 Å². The van der Waals surface area contributed by atoms with E-state index in [1.54, 1.807) is 13.8 Å². The fourth-order valence-electron chi connectivity index (χ4n) is 4.17. The van der Waals surface area contributed by atoms with Crippen LogP contribution >= 0.6 is 23.2 Å². The number of hydrogen-bond donors (Lipinski definition) is 2. The first kappa shape index (κ1) is 28.9. The molecule has 4 aromatic carbocycles. The van der Waals surface area contributed by atoms with Gasteiger partial charge in [0, 0.05) is 12.1 Å². The number of phenolic OH excluding ortho intramolecular Hbond substituents is 2. The van der Waals surface area contributed by atoms with E-state index in [0.29, 0.717) is 46.0 Å². The van der Waals surface area contributed by atoms with Crippen molar-refractivity contribution in [2.75, 3.05) is 0 Å². The lowest BCUT2D eigenvalue weighted by Crippen LogP contribution is -2.04. The Balaban J connectivity index is 1.64. The van der Waals surface area contributed by atoms with Gasteiger partial charge in [-0.05, 0) is 83.6 Å². The number of halogens is 4. The van der Waals surface area contributed by atoms with Crippen LogP contribution in [0.25, 0.3) is 11.1 Å². The maximum atomic E-state index is 14.8. The molecular weight excluding hydrogens is 565 g/mol. The monoisotopic (exact) mass is 586 g/mol. The number of carbonyl (C=O) groups excluding carboxylic acids is 2. The molecule has 0 bridgehead atoms. The number of aromatic hydroxyl groups is 2. The molecule has 0 heterocycles. The summed E-state index contributed by atoms with van der Waals surface area (Å²) in [6, 6.07) is 10.0. The van der Waals surface area contributed by atoms with Crippen LogP contribution in [0.4, 0.5) is 8.78 Å². The van der Waals surface area contributed by atoms with Crippen molar-refractivity contribution in [1.29, 1.82) is 0 Å². The first-order chi connectivity index (χ1) is 19.0. The minimum atomic E-state index is -0.580. The van der Waals surface area contributed by atoms with E-state index in [1.807, 2.05) is 0 Å². The Bertz CT molecular complexity index is 1520. The predicted octanol–water partition coefficient (Wildman–Crippen LogP) is 7.75. The second-order valence-electron chi connectivity index (χ2n) is 8.97. The zero-order valence-electron chi connectivity index (χ0n) is 21.2. The van der Waals surface area contributed by atoms with Crippen LogP contribution in [0.2, 0.25) is 10.0 Å². The zero-order chi connectivity index (χ0) is 29.1. The zero-order valence-corrected chi connectivity index (χ0v) is 22.7.